The summed E-state index contributed by atoms with van der Waals surface area (Å²) in [6.07, 6.45) is 5.54. The molecule has 2 aliphatic heterocycles. The van der Waals surface area contributed by atoms with Crippen molar-refractivity contribution in [3.63, 3.8) is 0 Å². The Morgan fingerprint density at radius 3 is 2.59 bits per heavy atom. The lowest BCUT2D eigenvalue weighted by Crippen LogP contribution is -2.63. The summed E-state index contributed by atoms with van der Waals surface area (Å²) in [5.41, 5.74) is 0.621. The van der Waals surface area contributed by atoms with Crippen LogP contribution >= 0.6 is 0 Å². The Hall–Kier alpha value is -3.82. The van der Waals surface area contributed by atoms with Crippen molar-refractivity contribution < 1.29 is 19.2 Å². The molecule has 2 aliphatic rings. The Labute approximate surface area is 185 Å². The molecule has 2 N–H and O–H groups in total. The zero-order chi connectivity index (χ0) is 22.5. The molecule has 10 nitrogen and oxygen atoms in total. The normalized spacial score (nSPS) is 20.9. The maximum atomic E-state index is 13.2. The summed E-state index contributed by atoms with van der Waals surface area (Å²) >= 11 is 0. The van der Waals surface area contributed by atoms with E-state index in [1.165, 1.54) is 28.4 Å². The average molecular weight is 436 g/mol. The molecule has 0 saturated carbocycles. The third-order valence-electron chi connectivity index (χ3n) is 5.64. The first-order valence-corrected chi connectivity index (χ1v) is 10.5. The zero-order valence-electron chi connectivity index (χ0n) is 17.4. The summed E-state index contributed by atoms with van der Waals surface area (Å²) in [5, 5.41) is 5.50. The van der Waals surface area contributed by atoms with Gasteiger partial charge in [-0.15, -0.1) is 0 Å². The minimum atomic E-state index is -0.938. The fraction of sp³-hybridized carbons (Fsp3) is 0.364. The molecule has 0 bridgehead atoms. The lowest BCUT2D eigenvalue weighted by molar-refractivity contribution is -0.133. The summed E-state index contributed by atoms with van der Waals surface area (Å²) in [5.74, 6) is -1.37. The fourth-order valence-corrected chi connectivity index (χ4v) is 3.93. The van der Waals surface area contributed by atoms with Crippen LogP contribution in [0.5, 0.6) is 0 Å². The van der Waals surface area contributed by atoms with Gasteiger partial charge in [0.15, 0.2) is 0 Å². The largest absolute Gasteiger partial charge is 0.354 e. The van der Waals surface area contributed by atoms with Crippen molar-refractivity contribution in [1.29, 1.82) is 0 Å². The number of nitrogens with zero attached hydrogens (tertiary/aromatic N) is 4. The lowest BCUT2D eigenvalue weighted by Gasteiger charge is -2.41. The standard InChI is InChI=1S/C22H24N6O4/c29-19-16(7-4-8-25-19)26-20(30)18-14-27(22(32)17-13-23-9-10-24-17)11-12-28(18)21(31)15-5-2-1-3-6-15/h1-3,5-6,9-10,13,16,18H,4,7-8,11-12,14H2,(H,25,29)(H,26,30)/t16-,18+/m1/s1. The van der Waals surface area contributed by atoms with E-state index in [1.54, 1.807) is 30.3 Å². The van der Waals surface area contributed by atoms with Gasteiger partial charge in [0, 0.05) is 37.6 Å². The number of piperidine rings is 1. The molecule has 2 atom stereocenters. The van der Waals surface area contributed by atoms with Crippen LogP contribution in [0.1, 0.15) is 33.7 Å². The summed E-state index contributed by atoms with van der Waals surface area (Å²) in [6, 6.07) is 7.08. The molecule has 32 heavy (non-hydrogen) atoms. The highest BCUT2D eigenvalue weighted by atomic mass is 16.2. The van der Waals surface area contributed by atoms with Crippen LogP contribution in [0, 0.1) is 0 Å². The van der Waals surface area contributed by atoms with Crippen LogP contribution in [0.3, 0.4) is 0 Å². The van der Waals surface area contributed by atoms with Crippen molar-refractivity contribution in [3.8, 4) is 0 Å². The zero-order valence-corrected chi connectivity index (χ0v) is 17.4. The number of hydrogen-bond donors (Lipinski definition) is 2. The van der Waals surface area contributed by atoms with Gasteiger partial charge in [-0.25, -0.2) is 4.98 Å². The van der Waals surface area contributed by atoms with Crippen molar-refractivity contribution in [3.05, 3.63) is 60.2 Å². The van der Waals surface area contributed by atoms with Crippen LogP contribution in [-0.2, 0) is 9.59 Å². The van der Waals surface area contributed by atoms with Crippen molar-refractivity contribution in [2.45, 2.75) is 24.9 Å². The monoisotopic (exact) mass is 436 g/mol. The molecule has 2 fully saturated rings. The molecule has 2 saturated heterocycles. The quantitative estimate of drug-likeness (QED) is 0.686. The van der Waals surface area contributed by atoms with E-state index < -0.39 is 18.0 Å². The summed E-state index contributed by atoms with van der Waals surface area (Å²) < 4.78 is 0. The molecule has 4 rings (SSSR count). The Morgan fingerprint density at radius 2 is 1.88 bits per heavy atom. The van der Waals surface area contributed by atoms with Gasteiger partial charge >= 0.3 is 0 Å². The summed E-state index contributed by atoms with van der Waals surface area (Å²) in [4.78, 5) is 62.3. The van der Waals surface area contributed by atoms with Crippen molar-refractivity contribution in [1.82, 2.24) is 30.4 Å². The second kappa shape index (κ2) is 9.54. The second-order valence-corrected chi connectivity index (χ2v) is 7.72. The number of benzene rings is 1. The molecule has 0 unspecified atom stereocenters. The SMILES string of the molecule is O=C1NCCC[C@H]1NC(=O)[C@@H]1CN(C(=O)c2cnccn2)CCN1C(=O)c1ccccc1. The van der Waals surface area contributed by atoms with Gasteiger partial charge in [-0.1, -0.05) is 18.2 Å². The van der Waals surface area contributed by atoms with Crippen molar-refractivity contribution >= 4 is 23.6 Å². The van der Waals surface area contributed by atoms with E-state index in [2.05, 4.69) is 20.6 Å². The van der Waals surface area contributed by atoms with Crippen LogP contribution < -0.4 is 10.6 Å². The van der Waals surface area contributed by atoms with Gasteiger partial charge in [0.2, 0.25) is 11.8 Å². The molecule has 0 spiro atoms. The van der Waals surface area contributed by atoms with Gasteiger partial charge < -0.3 is 20.4 Å². The molecule has 10 heteroatoms. The predicted molar refractivity (Wildman–Crippen MR) is 113 cm³/mol. The summed E-state index contributed by atoms with van der Waals surface area (Å²) in [6.45, 7) is 0.998. The number of carbonyl (C=O) groups excluding carboxylic acids is 4. The van der Waals surface area contributed by atoms with Crippen LogP contribution in [0.25, 0.3) is 0 Å². The molecular weight excluding hydrogens is 412 g/mol. The number of piperazine rings is 1. The number of nitrogens with one attached hydrogen (secondary N) is 2. The van der Waals surface area contributed by atoms with Crippen molar-refractivity contribution in [2.24, 2.45) is 0 Å². The van der Waals surface area contributed by atoms with E-state index in [-0.39, 0.29) is 43.0 Å². The van der Waals surface area contributed by atoms with Crippen LogP contribution in [0.4, 0.5) is 0 Å². The maximum absolute atomic E-state index is 13.2. The third kappa shape index (κ3) is 4.58. The minimum absolute atomic E-state index is 0.00580. The van der Waals surface area contributed by atoms with Crippen molar-refractivity contribution in [2.75, 3.05) is 26.2 Å². The first kappa shape index (κ1) is 21.4. The van der Waals surface area contributed by atoms with Gasteiger partial charge in [-0.3, -0.25) is 24.2 Å². The highest BCUT2D eigenvalue weighted by Gasteiger charge is 2.39. The molecule has 2 aromatic rings. The number of hydrogen-bond acceptors (Lipinski definition) is 6. The molecule has 3 heterocycles. The van der Waals surface area contributed by atoms with Gasteiger partial charge in [0.05, 0.1) is 12.7 Å². The van der Waals surface area contributed by atoms with E-state index in [4.69, 9.17) is 0 Å². The first-order chi connectivity index (χ1) is 15.5. The Morgan fingerprint density at radius 1 is 1.06 bits per heavy atom. The number of carbonyl (C=O) groups is 4. The molecule has 166 valence electrons. The number of aromatic nitrogens is 2. The number of amides is 4. The lowest BCUT2D eigenvalue weighted by atomic mass is 10.0. The third-order valence-corrected chi connectivity index (χ3v) is 5.64. The average Bonchev–Trinajstić information content (AvgIpc) is 2.85. The Kier molecular flexibility index (Phi) is 6.39. The molecular formula is C22H24N6O4. The predicted octanol–water partition coefficient (Wildman–Crippen LogP) is -0.162. The van der Waals surface area contributed by atoms with E-state index in [0.717, 1.165) is 6.42 Å². The molecule has 0 aliphatic carbocycles. The van der Waals surface area contributed by atoms with E-state index in [1.807, 2.05) is 0 Å². The van der Waals surface area contributed by atoms with E-state index >= 15 is 0 Å². The second-order valence-electron chi connectivity index (χ2n) is 7.72. The highest BCUT2D eigenvalue weighted by molar-refractivity contribution is 5.99. The van der Waals surface area contributed by atoms with E-state index in [9.17, 15) is 19.2 Å². The molecule has 0 radical (unpaired) electrons. The Bertz CT molecular complexity index is 1000. The number of rotatable bonds is 4. The maximum Gasteiger partial charge on any atom is 0.274 e. The minimum Gasteiger partial charge on any atom is -0.354 e. The van der Waals surface area contributed by atoms with Crippen LogP contribution in [-0.4, -0.2) is 81.7 Å². The van der Waals surface area contributed by atoms with Crippen LogP contribution in [0.2, 0.25) is 0 Å². The molecule has 1 aromatic heterocycles. The van der Waals surface area contributed by atoms with Gasteiger partial charge in [0.25, 0.3) is 11.8 Å². The van der Waals surface area contributed by atoms with Gasteiger partial charge in [-0.2, -0.15) is 0 Å². The van der Waals surface area contributed by atoms with Gasteiger partial charge in [0.1, 0.15) is 17.8 Å². The molecule has 1 aromatic carbocycles. The summed E-state index contributed by atoms with van der Waals surface area (Å²) in [7, 11) is 0. The Balaban J connectivity index is 1.56. The van der Waals surface area contributed by atoms with E-state index in [0.29, 0.717) is 18.5 Å². The topological polar surface area (TPSA) is 125 Å². The first-order valence-electron chi connectivity index (χ1n) is 10.5. The fourth-order valence-electron chi connectivity index (χ4n) is 3.93. The molecule has 4 amide bonds. The van der Waals surface area contributed by atoms with Gasteiger partial charge in [-0.05, 0) is 25.0 Å². The van der Waals surface area contributed by atoms with Crippen LogP contribution in [0.15, 0.2) is 48.9 Å². The smallest absolute Gasteiger partial charge is 0.274 e. The highest BCUT2D eigenvalue weighted by Crippen LogP contribution is 2.17.